The van der Waals surface area contributed by atoms with Crippen LogP contribution in [0.3, 0.4) is 0 Å². The molecule has 3 heterocycles. The molecular weight excluding hydrogens is 480 g/mol. The predicted molar refractivity (Wildman–Crippen MR) is 138 cm³/mol. The van der Waals surface area contributed by atoms with Crippen LogP contribution in [0.4, 0.5) is 5.00 Å². The number of thiophene rings is 1. The molecule has 1 aliphatic rings. The molecule has 2 aromatic carbocycles. The minimum atomic E-state index is -0.826. The van der Waals surface area contributed by atoms with E-state index in [0.717, 1.165) is 16.5 Å². The SMILES string of the molecule is COC(=O)c1c(-c2ccc3c(c2)OCCO3)csc1NC(=O)C(C)n1c(=O)cc(C)c2ccccc21. The Bertz CT molecular complexity index is 1550. The van der Waals surface area contributed by atoms with Crippen molar-refractivity contribution in [3.8, 4) is 22.6 Å². The van der Waals surface area contributed by atoms with Crippen LogP contribution >= 0.6 is 11.3 Å². The number of carbonyl (C=O) groups is 2. The third kappa shape index (κ3) is 4.11. The van der Waals surface area contributed by atoms with E-state index < -0.39 is 17.9 Å². The molecule has 36 heavy (non-hydrogen) atoms. The number of nitrogens with one attached hydrogen (secondary N) is 1. The standard InChI is InChI=1S/C27H24N2O6S/c1-15-12-23(30)29(20-7-5-4-6-18(15)20)16(2)25(31)28-26-24(27(32)33-3)19(14-36-26)17-8-9-21-22(13-17)35-11-10-34-21/h4-9,12-14,16H,10-11H2,1-3H3,(H,28,31). The summed E-state index contributed by atoms with van der Waals surface area (Å²) in [6.45, 7) is 4.44. The molecule has 2 aromatic heterocycles. The Labute approximate surface area is 211 Å². The molecule has 1 amide bonds. The maximum absolute atomic E-state index is 13.3. The van der Waals surface area contributed by atoms with Crippen LogP contribution in [0.2, 0.25) is 0 Å². The molecule has 5 rings (SSSR count). The number of para-hydroxylation sites is 1. The number of nitrogens with zero attached hydrogens (tertiary/aromatic N) is 1. The van der Waals surface area contributed by atoms with Crippen molar-refractivity contribution < 1.29 is 23.8 Å². The number of aryl methyl sites for hydroxylation is 1. The number of benzene rings is 2. The molecule has 0 spiro atoms. The van der Waals surface area contributed by atoms with Gasteiger partial charge in [0.25, 0.3) is 5.56 Å². The van der Waals surface area contributed by atoms with Gasteiger partial charge in [-0.3, -0.25) is 14.2 Å². The second kappa shape index (κ2) is 9.50. The zero-order valence-corrected chi connectivity index (χ0v) is 20.8. The van der Waals surface area contributed by atoms with Crippen LogP contribution in [0.15, 0.2) is 58.7 Å². The number of rotatable bonds is 5. The van der Waals surface area contributed by atoms with Crippen molar-refractivity contribution in [3.63, 3.8) is 0 Å². The summed E-state index contributed by atoms with van der Waals surface area (Å²) in [4.78, 5) is 39.0. The summed E-state index contributed by atoms with van der Waals surface area (Å²) in [5, 5.41) is 5.86. The first-order valence-electron chi connectivity index (χ1n) is 11.4. The Morgan fingerprint density at radius 2 is 1.83 bits per heavy atom. The van der Waals surface area contributed by atoms with Gasteiger partial charge in [0.2, 0.25) is 5.91 Å². The van der Waals surface area contributed by atoms with Crippen molar-refractivity contribution in [1.82, 2.24) is 4.57 Å². The number of esters is 1. The third-order valence-electron chi connectivity index (χ3n) is 6.20. The van der Waals surface area contributed by atoms with Gasteiger partial charge in [0.05, 0.1) is 12.6 Å². The largest absolute Gasteiger partial charge is 0.486 e. The zero-order valence-electron chi connectivity index (χ0n) is 20.0. The Kier molecular flexibility index (Phi) is 6.24. The fraction of sp³-hybridized carbons (Fsp3) is 0.222. The minimum Gasteiger partial charge on any atom is -0.486 e. The number of aromatic nitrogens is 1. The molecule has 0 saturated carbocycles. The van der Waals surface area contributed by atoms with Gasteiger partial charge in [0, 0.05) is 22.4 Å². The molecule has 9 heteroatoms. The zero-order chi connectivity index (χ0) is 25.4. The first-order chi connectivity index (χ1) is 17.4. The molecule has 0 radical (unpaired) electrons. The van der Waals surface area contributed by atoms with Gasteiger partial charge in [-0.25, -0.2) is 4.79 Å². The van der Waals surface area contributed by atoms with E-state index in [1.165, 1.54) is 29.1 Å². The molecule has 0 aliphatic carbocycles. The molecule has 1 atom stereocenters. The Balaban J connectivity index is 1.51. The molecule has 1 aliphatic heterocycles. The quantitative estimate of drug-likeness (QED) is 0.393. The number of ether oxygens (including phenoxy) is 3. The van der Waals surface area contributed by atoms with Crippen LogP contribution in [-0.4, -0.2) is 36.8 Å². The van der Waals surface area contributed by atoms with E-state index in [1.54, 1.807) is 24.4 Å². The highest BCUT2D eigenvalue weighted by Crippen LogP contribution is 2.40. The van der Waals surface area contributed by atoms with E-state index in [0.29, 0.717) is 40.8 Å². The molecule has 4 aromatic rings. The van der Waals surface area contributed by atoms with Gasteiger partial charge in [-0.1, -0.05) is 24.3 Å². The summed E-state index contributed by atoms with van der Waals surface area (Å²) >= 11 is 1.21. The Hall–Kier alpha value is -4.11. The smallest absolute Gasteiger partial charge is 0.341 e. The molecule has 0 fully saturated rings. The third-order valence-corrected chi connectivity index (χ3v) is 7.10. The lowest BCUT2D eigenvalue weighted by Gasteiger charge is -2.19. The van der Waals surface area contributed by atoms with Crippen molar-refractivity contribution in [3.05, 3.63) is 75.4 Å². The van der Waals surface area contributed by atoms with Gasteiger partial charge in [-0.15, -0.1) is 11.3 Å². The van der Waals surface area contributed by atoms with E-state index in [9.17, 15) is 14.4 Å². The summed E-state index contributed by atoms with van der Waals surface area (Å²) in [5.41, 5.74) is 2.80. The number of hydrogen-bond acceptors (Lipinski definition) is 7. The van der Waals surface area contributed by atoms with Gasteiger partial charge >= 0.3 is 5.97 Å². The van der Waals surface area contributed by atoms with Gasteiger partial charge in [0.15, 0.2) is 11.5 Å². The highest BCUT2D eigenvalue weighted by atomic mass is 32.1. The van der Waals surface area contributed by atoms with Gasteiger partial charge in [-0.05, 0) is 43.2 Å². The molecule has 0 bridgehead atoms. The summed E-state index contributed by atoms with van der Waals surface area (Å²) in [7, 11) is 1.29. The summed E-state index contributed by atoms with van der Waals surface area (Å²) < 4.78 is 17.8. The van der Waals surface area contributed by atoms with Gasteiger partial charge in [0.1, 0.15) is 29.8 Å². The molecule has 8 nitrogen and oxygen atoms in total. The molecule has 1 unspecified atom stereocenters. The van der Waals surface area contributed by atoms with Crippen molar-refractivity contribution >= 4 is 39.1 Å². The minimum absolute atomic E-state index is 0.237. The number of anilines is 1. The van der Waals surface area contributed by atoms with Crippen molar-refractivity contribution in [1.29, 1.82) is 0 Å². The Morgan fingerprint density at radius 3 is 2.61 bits per heavy atom. The topological polar surface area (TPSA) is 95.9 Å². The second-order valence-electron chi connectivity index (χ2n) is 8.42. The fourth-order valence-corrected chi connectivity index (χ4v) is 5.34. The summed E-state index contributed by atoms with van der Waals surface area (Å²) in [5.74, 6) is 0.220. The van der Waals surface area contributed by atoms with Crippen LogP contribution < -0.4 is 20.3 Å². The van der Waals surface area contributed by atoms with Crippen molar-refractivity contribution in [2.24, 2.45) is 0 Å². The highest BCUT2D eigenvalue weighted by molar-refractivity contribution is 7.15. The van der Waals surface area contributed by atoms with Crippen LogP contribution in [0.1, 0.15) is 28.9 Å². The predicted octanol–water partition coefficient (Wildman–Crippen LogP) is 4.80. The van der Waals surface area contributed by atoms with E-state index >= 15 is 0 Å². The van der Waals surface area contributed by atoms with E-state index in [4.69, 9.17) is 14.2 Å². The first kappa shape index (κ1) is 23.6. The maximum atomic E-state index is 13.3. The Morgan fingerprint density at radius 1 is 1.08 bits per heavy atom. The van der Waals surface area contributed by atoms with Crippen molar-refractivity contribution in [2.45, 2.75) is 19.9 Å². The van der Waals surface area contributed by atoms with Crippen LogP contribution in [-0.2, 0) is 9.53 Å². The lowest BCUT2D eigenvalue weighted by Crippen LogP contribution is -2.32. The molecular formula is C27H24N2O6S. The van der Waals surface area contributed by atoms with Gasteiger partial charge in [-0.2, -0.15) is 0 Å². The highest BCUT2D eigenvalue weighted by Gasteiger charge is 2.26. The summed E-state index contributed by atoms with van der Waals surface area (Å²) in [6, 6.07) is 13.6. The average Bonchev–Trinajstić information content (AvgIpc) is 3.31. The number of carbonyl (C=O) groups excluding carboxylic acids is 2. The lowest BCUT2D eigenvalue weighted by atomic mass is 10.0. The van der Waals surface area contributed by atoms with E-state index in [2.05, 4.69) is 5.32 Å². The van der Waals surface area contributed by atoms with Gasteiger partial charge < -0.3 is 19.5 Å². The second-order valence-corrected chi connectivity index (χ2v) is 9.30. The molecule has 0 saturated heterocycles. The molecule has 1 N–H and O–H groups in total. The van der Waals surface area contributed by atoms with Crippen molar-refractivity contribution in [2.75, 3.05) is 25.6 Å². The van der Waals surface area contributed by atoms with E-state index in [-0.39, 0.29) is 11.1 Å². The number of fused-ring (bicyclic) bond motifs is 2. The first-order valence-corrected chi connectivity index (χ1v) is 12.3. The number of amides is 1. The van der Waals surface area contributed by atoms with Crippen LogP contribution in [0.25, 0.3) is 22.0 Å². The normalized spacial score (nSPS) is 13.3. The van der Waals surface area contributed by atoms with Crippen LogP contribution in [0, 0.1) is 6.92 Å². The summed E-state index contributed by atoms with van der Waals surface area (Å²) in [6.07, 6.45) is 0. The maximum Gasteiger partial charge on any atom is 0.341 e. The molecule has 184 valence electrons. The average molecular weight is 505 g/mol. The lowest BCUT2D eigenvalue weighted by molar-refractivity contribution is -0.118. The number of methoxy groups -OCH3 is 1. The monoisotopic (exact) mass is 504 g/mol. The number of hydrogen-bond donors (Lipinski definition) is 1. The van der Waals surface area contributed by atoms with Crippen LogP contribution in [0.5, 0.6) is 11.5 Å². The van der Waals surface area contributed by atoms with E-state index in [1.807, 2.05) is 37.3 Å². The fourth-order valence-electron chi connectivity index (χ4n) is 4.38. The number of pyridine rings is 1.